The molecule has 0 bridgehead atoms. The summed E-state index contributed by atoms with van der Waals surface area (Å²) >= 11 is 0. The van der Waals surface area contributed by atoms with Crippen molar-refractivity contribution in [1.82, 2.24) is 5.32 Å². The predicted molar refractivity (Wildman–Crippen MR) is 58.2 cm³/mol. The van der Waals surface area contributed by atoms with Crippen LogP contribution in [0.4, 0.5) is 0 Å². The smallest absolute Gasteiger partial charge is 0.136 e. The highest BCUT2D eigenvalue weighted by Crippen LogP contribution is 2.18. The molecule has 0 aliphatic heterocycles. The number of ether oxygens (including phenoxy) is 1. The maximum atomic E-state index is 8.78. The zero-order chi connectivity index (χ0) is 11.1. The topological polar surface area (TPSA) is 45.0 Å². The van der Waals surface area contributed by atoms with Crippen molar-refractivity contribution in [2.75, 3.05) is 13.7 Å². The molecule has 15 heavy (non-hydrogen) atoms. The lowest BCUT2D eigenvalue weighted by molar-refractivity contribution is 0.413. The quantitative estimate of drug-likeness (QED) is 0.588. The van der Waals surface area contributed by atoms with Crippen LogP contribution in [0, 0.1) is 23.7 Å². The van der Waals surface area contributed by atoms with Crippen LogP contribution in [0.2, 0.25) is 0 Å². The van der Waals surface area contributed by atoms with E-state index in [1.807, 2.05) is 12.1 Å². The Morgan fingerprint density at radius 1 is 1.53 bits per heavy atom. The molecule has 0 saturated carbocycles. The van der Waals surface area contributed by atoms with Crippen molar-refractivity contribution in [2.24, 2.45) is 0 Å². The van der Waals surface area contributed by atoms with Crippen LogP contribution in [0.15, 0.2) is 18.2 Å². The summed E-state index contributed by atoms with van der Waals surface area (Å²) in [4.78, 5) is 0. The van der Waals surface area contributed by atoms with Crippen molar-refractivity contribution in [3.8, 4) is 24.2 Å². The van der Waals surface area contributed by atoms with Gasteiger partial charge in [0.05, 0.1) is 19.2 Å². The van der Waals surface area contributed by atoms with E-state index in [0.29, 0.717) is 24.4 Å². The largest absolute Gasteiger partial charge is 0.495 e. The van der Waals surface area contributed by atoms with E-state index < -0.39 is 0 Å². The summed E-state index contributed by atoms with van der Waals surface area (Å²) in [6, 6.07) is 7.52. The minimum Gasteiger partial charge on any atom is -0.495 e. The molecule has 0 fully saturated rings. The molecular weight excluding hydrogens is 188 g/mol. The molecule has 0 heterocycles. The average Bonchev–Trinajstić information content (AvgIpc) is 2.29. The van der Waals surface area contributed by atoms with Crippen LogP contribution in [0.25, 0.3) is 0 Å². The fraction of sp³-hybridized carbons (Fsp3) is 0.250. The van der Waals surface area contributed by atoms with Crippen LogP contribution in [-0.2, 0) is 6.54 Å². The SMILES string of the molecule is C#CCNCc1ccc(C#N)c(OC)c1. The first-order valence-corrected chi connectivity index (χ1v) is 4.53. The van der Waals surface area contributed by atoms with E-state index >= 15 is 0 Å². The van der Waals surface area contributed by atoms with E-state index in [2.05, 4.69) is 17.3 Å². The van der Waals surface area contributed by atoms with E-state index in [9.17, 15) is 0 Å². The number of terminal acetylenes is 1. The molecule has 1 aromatic rings. The van der Waals surface area contributed by atoms with Crippen LogP contribution >= 0.6 is 0 Å². The second-order valence-electron chi connectivity index (χ2n) is 2.95. The zero-order valence-electron chi connectivity index (χ0n) is 8.58. The van der Waals surface area contributed by atoms with Gasteiger partial charge in [0.2, 0.25) is 0 Å². The molecule has 0 saturated heterocycles. The van der Waals surface area contributed by atoms with Gasteiger partial charge in [0, 0.05) is 6.54 Å². The minimum atomic E-state index is 0.530. The Balaban J connectivity index is 2.76. The number of hydrogen-bond acceptors (Lipinski definition) is 3. The molecule has 3 heteroatoms. The van der Waals surface area contributed by atoms with Gasteiger partial charge in [-0.2, -0.15) is 5.26 Å². The van der Waals surface area contributed by atoms with Crippen LogP contribution in [0.1, 0.15) is 11.1 Å². The number of nitrogens with zero attached hydrogens (tertiary/aromatic N) is 1. The summed E-state index contributed by atoms with van der Waals surface area (Å²) in [5.74, 6) is 3.09. The van der Waals surface area contributed by atoms with Crippen molar-refractivity contribution in [3.63, 3.8) is 0 Å². The molecule has 76 valence electrons. The maximum absolute atomic E-state index is 8.78. The van der Waals surface area contributed by atoms with Crippen LogP contribution < -0.4 is 10.1 Å². The van der Waals surface area contributed by atoms with Gasteiger partial charge in [-0.05, 0) is 17.7 Å². The Labute approximate surface area is 89.7 Å². The Bertz CT molecular complexity index is 413. The Kier molecular flexibility index (Phi) is 4.22. The molecule has 0 aromatic heterocycles. The average molecular weight is 200 g/mol. The summed E-state index contributed by atoms with van der Waals surface area (Å²) in [6.45, 7) is 1.20. The molecule has 0 amide bonds. The van der Waals surface area contributed by atoms with E-state index in [4.69, 9.17) is 16.4 Å². The Morgan fingerprint density at radius 3 is 2.93 bits per heavy atom. The second-order valence-corrected chi connectivity index (χ2v) is 2.95. The predicted octanol–water partition coefficient (Wildman–Crippen LogP) is 1.29. The molecule has 1 N–H and O–H groups in total. The molecule has 3 nitrogen and oxygen atoms in total. The lowest BCUT2D eigenvalue weighted by Crippen LogP contribution is -2.13. The number of methoxy groups -OCH3 is 1. The number of benzene rings is 1. The van der Waals surface area contributed by atoms with Gasteiger partial charge in [0.1, 0.15) is 11.8 Å². The number of nitriles is 1. The first-order valence-electron chi connectivity index (χ1n) is 4.53. The molecule has 1 aromatic carbocycles. The highest BCUT2D eigenvalue weighted by molar-refractivity contribution is 5.45. The minimum absolute atomic E-state index is 0.530. The summed E-state index contributed by atoms with van der Waals surface area (Å²) in [5, 5.41) is 11.8. The van der Waals surface area contributed by atoms with Crippen LogP contribution in [0.5, 0.6) is 5.75 Å². The first kappa shape index (κ1) is 11.1. The molecule has 0 aliphatic rings. The maximum Gasteiger partial charge on any atom is 0.136 e. The van der Waals surface area contributed by atoms with Gasteiger partial charge in [-0.25, -0.2) is 0 Å². The molecule has 0 spiro atoms. The van der Waals surface area contributed by atoms with Gasteiger partial charge in [0.25, 0.3) is 0 Å². The highest BCUT2D eigenvalue weighted by Gasteiger charge is 2.02. The lowest BCUT2D eigenvalue weighted by Gasteiger charge is -2.06. The summed E-state index contributed by atoms with van der Waals surface area (Å²) in [6.07, 6.45) is 5.11. The molecule has 1 rings (SSSR count). The van der Waals surface area contributed by atoms with Gasteiger partial charge in [-0.15, -0.1) is 6.42 Å². The number of rotatable bonds is 4. The monoisotopic (exact) mass is 200 g/mol. The second kappa shape index (κ2) is 5.70. The van der Waals surface area contributed by atoms with Gasteiger partial charge in [-0.1, -0.05) is 12.0 Å². The molecule has 0 aliphatic carbocycles. The van der Waals surface area contributed by atoms with Crippen molar-refractivity contribution in [3.05, 3.63) is 29.3 Å². The Hall–Kier alpha value is -1.97. The van der Waals surface area contributed by atoms with Gasteiger partial charge in [0.15, 0.2) is 0 Å². The summed E-state index contributed by atoms with van der Waals surface area (Å²) < 4.78 is 5.09. The third-order valence-electron chi connectivity index (χ3n) is 1.94. The fourth-order valence-corrected chi connectivity index (χ4v) is 1.22. The number of nitrogens with one attached hydrogen (secondary N) is 1. The van der Waals surface area contributed by atoms with E-state index in [1.165, 1.54) is 0 Å². The van der Waals surface area contributed by atoms with Crippen LogP contribution in [0.3, 0.4) is 0 Å². The number of hydrogen-bond donors (Lipinski definition) is 1. The van der Waals surface area contributed by atoms with Gasteiger partial charge in [-0.3, -0.25) is 0 Å². The third kappa shape index (κ3) is 3.02. The molecular formula is C12H12N2O. The van der Waals surface area contributed by atoms with E-state index in [1.54, 1.807) is 13.2 Å². The fourth-order valence-electron chi connectivity index (χ4n) is 1.22. The summed E-state index contributed by atoms with van der Waals surface area (Å²) in [5.41, 5.74) is 1.58. The Morgan fingerprint density at radius 2 is 2.33 bits per heavy atom. The van der Waals surface area contributed by atoms with E-state index in [0.717, 1.165) is 5.56 Å². The van der Waals surface area contributed by atoms with Crippen molar-refractivity contribution in [2.45, 2.75) is 6.54 Å². The van der Waals surface area contributed by atoms with Crippen molar-refractivity contribution < 1.29 is 4.74 Å². The first-order chi connectivity index (χ1) is 7.31. The zero-order valence-corrected chi connectivity index (χ0v) is 8.58. The van der Waals surface area contributed by atoms with Crippen molar-refractivity contribution >= 4 is 0 Å². The van der Waals surface area contributed by atoms with Crippen molar-refractivity contribution in [1.29, 1.82) is 5.26 Å². The normalized spacial score (nSPS) is 9.00. The van der Waals surface area contributed by atoms with Gasteiger partial charge < -0.3 is 10.1 Å². The molecule has 0 radical (unpaired) electrons. The van der Waals surface area contributed by atoms with Crippen LogP contribution in [-0.4, -0.2) is 13.7 Å². The third-order valence-corrected chi connectivity index (χ3v) is 1.94. The lowest BCUT2D eigenvalue weighted by atomic mass is 10.1. The molecule has 0 unspecified atom stereocenters. The van der Waals surface area contributed by atoms with Gasteiger partial charge >= 0.3 is 0 Å². The summed E-state index contributed by atoms with van der Waals surface area (Å²) in [7, 11) is 1.55. The van der Waals surface area contributed by atoms with E-state index in [-0.39, 0.29) is 0 Å². The molecule has 0 atom stereocenters. The highest BCUT2D eigenvalue weighted by atomic mass is 16.5. The standard InChI is InChI=1S/C12H12N2O/c1-3-6-14-9-10-4-5-11(8-13)12(7-10)15-2/h1,4-5,7,14H,6,9H2,2H3.